The van der Waals surface area contributed by atoms with Crippen LogP contribution in [-0.4, -0.2) is 17.8 Å². The van der Waals surface area contributed by atoms with Crippen molar-refractivity contribution in [3.8, 4) is 0 Å². The summed E-state index contributed by atoms with van der Waals surface area (Å²) in [7, 11) is 0. The molecule has 0 atom stereocenters. The van der Waals surface area contributed by atoms with Gasteiger partial charge in [-0.1, -0.05) is 11.6 Å². The lowest BCUT2D eigenvalue weighted by Crippen LogP contribution is -2.54. The average Bonchev–Trinajstić information content (AvgIpc) is 2.91. The Morgan fingerprint density at radius 2 is 1.78 bits per heavy atom. The third-order valence-corrected chi connectivity index (χ3v) is 4.89. The smallest absolute Gasteiger partial charge is 0.273 e. The van der Waals surface area contributed by atoms with E-state index in [-0.39, 0.29) is 5.57 Å². The van der Waals surface area contributed by atoms with Gasteiger partial charge in [-0.05, 0) is 58.4 Å². The molecular weight excluding hydrogens is 404 g/mol. The number of hydrogen-bond acceptors (Lipinski definition) is 4. The van der Waals surface area contributed by atoms with Crippen molar-refractivity contribution in [1.29, 1.82) is 0 Å². The summed E-state index contributed by atoms with van der Waals surface area (Å²) >= 11 is 10.5. The zero-order valence-electron chi connectivity index (χ0n) is 11.4. The fourth-order valence-electron chi connectivity index (χ4n) is 2.03. The van der Waals surface area contributed by atoms with Crippen LogP contribution in [0.15, 0.2) is 45.8 Å². The second kappa shape index (κ2) is 6.27. The third kappa shape index (κ3) is 3.21. The molecule has 23 heavy (non-hydrogen) atoms. The van der Waals surface area contributed by atoms with E-state index in [9.17, 15) is 14.4 Å². The van der Waals surface area contributed by atoms with Crippen LogP contribution in [-0.2, 0) is 9.59 Å². The Morgan fingerprint density at radius 1 is 1.09 bits per heavy atom. The van der Waals surface area contributed by atoms with Gasteiger partial charge in [0.05, 0.1) is 9.47 Å². The topological polar surface area (TPSA) is 66.5 Å². The van der Waals surface area contributed by atoms with E-state index < -0.39 is 17.8 Å². The molecule has 116 valence electrons. The van der Waals surface area contributed by atoms with E-state index in [1.54, 1.807) is 18.2 Å². The molecule has 1 saturated heterocycles. The zero-order valence-corrected chi connectivity index (χ0v) is 14.5. The maximum Gasteiger partial charge on any atom is 0.335 e. The van der Waals surface area contributed by atoms with Crippen LogP contribution in [0.2, 0.25) is 5.02 Å². The van der Waals surface area contributed by atoms with Crippen LogP contribution in [0, 0.1) is 0 Å². The quantitative estimate of drug-likeness (QED) is 0.603. The number of carbonyl (C=O) groups is 3. The Labute approximate surface area is 148 Å². The fraction of sp³-hybridized carbons (Fsp3) is 0. The van der Waals surface area contributed by atoms with Gasteiger partial charge in [0.1, 0.15) is 5.57 Å². The fourth-order valence-corrected chi connectivity index (χ4v) is 3.52. The van der Waals surface area contributed by atoms with Gasteiger partial charge >= 0.3 is 6.03 Å². The second-order valence-electron chi connectivity index (χ2n) is 4.58. The third-order valence-electron chi connectivity index (χ3n) is 3.07. The molecule has 5 nitrogen and oxygen atoms in total. The Bertz CT molecular complexity index is 845. The van der Waals surface area contributed by atoms with Gasteiger partial charge in [-0.25, -0.2) is 9.69 Å². The normalized spacial score (nSPS) is 16.9. The van der Waals surface area contributed by atoms with Gasteiger partial charge in [0.2, 0.25) is 0 Å². The number of hydrogen-bond donors (Lipinski definition) is 1. The molecule has 2 aromatic rings. The van der Waals surface area contributed by atoms with Crippen LogP contribution in [0.3, 0.4) is 0 Å². The molecule has 1 aliphatic heterocycles. The van der Waals surface area contributed by atoms with Gasteiger partial charge in [0, 0.05) is 9.90 Å². The monoisotopic (exact) mass is 410 g/mol. The van der Waals surface area contributed by atoms with Crippen molar-refractivity contribution >= 4 is 68.5 Å². The second-order valence-corrected chi connectivity index (χ2v) is 7.51. The van der Waals surface area contributed by atoms with Crippen LogP contribution < -0.4 is 10.2 Å². The van der Waals surface area contributed by atoms with Crippen LogP contribution in [0.4, 0.5) is 10.5 Å². The zero-order chi connectivity index (χ0) is 16.6. The molecule has 0 spiro atoms. The SMILES string of the molecule is O=C1NC(=O)N(c2ccc(Cl)cc2)C(=O)/C1=C/c1ccc(Br)s1. The summed E-state index contributed by atoms with van der Waals surface area (Å²) < 4.78 is 0.874. The Balaban J connectivity index is 2.00. The molecule has 2 heterocycles. The molecule has 4 amide bonds. The number of rotatable bonds is 2. The molecule has 0 radical (unpaired) electrons. The van der Waals surface area contributed by atoms with Crippen LogP contribution in [0.25, 0.3) is 6.08 Å². The van der Waals surface area contributed by atoms with Gasteiger partial charge in [-0.2, -0.15) is 0 Å². The number of barbiturate groups is 1. The van der Waals surface area contributed by atoms with E-state index in [2.05, 4.69) is 21.2 Å². The minimum atomic E-state index is -0.785. The van der Waals surface area contributed by atoms with Crippen molar-refractivity contribution < 1.29 is 14.4 Å². The molecule has 0 aliphatic carbocycles. The summed E-state index contributed by atoms with van der Waals surface area (Å²) in [4.78, 5) is 38.2. The van der Waals surface area contributed by atoms with Crippen LogP contribution in [0.5, 0.6) is 0 Å². The molecule has 1 aromatic carbocycles. The van der Waals surface area contributed by atoms with Crippen molar-refractivity contribution in [3.05, 3.63) is 55.7 Å². The Kier molecular flexibility index (Phi) is 4.34. The van der Waals surface area contributed by atoms with Crippen molar-refractivity contribution in [1.82, 2.24) is 5.32 Å². The first-order chi connectivity index (χ1) is 11.0. The summed E-state index contributed by atoms with van der Waals surface area (Å²) in [5.41, 5.74) is 0.233. The van der Waals surface area contributed by atoms with E-state index >= 15 is 0 Å². The molecule has 0 unspecified atom stereocenters. The van der Waals surface area contributed by atoms with Gasteiger partial charge < -0.3 is 0 Å². The van der Waals surface area contributed by atoms with Gasteiger partial charge in [-0.15, -0.1) is 11.3 Å². The maximum atomic E-state index is 12.6. The molecule has 1 N–H and O–H groups in total. The first-order valence-corrected chi connectivity index (χ1v) is 8.37. The molecular formula is C15H8BrClN2O3S. The molecule has 1 aromatic heterocycles. The summed E-state index contributed by atoms with van der Waals surface area (Å²) in [6.45, 7) is 0. The molecule has 0 bridgehead atoms. The highest BCUT2D eigenvalue weighted by Crippen LogP contribution is 2.27. The highest BCUT2D eigenvalue weighted by Gasteiger charge is 2.36. The van der Waals surface area contributed by atoms with E-state index in [1.807, 2.05) is 6.07 Å². The molecule has 8 heteroatoms. The number of nitrogens with zero attached hydrogens (tertiary/aromatic N) is 1. The average molecular weight is 412 g/mol. The van der Waals surface area contributed by atoms with Gasteiger partial charge in [0.15, 0.2) is 0 Å². The van der Waals surface area contributed by atoms with Gasteiger partial charge in [-0.3, -0.25) is 14.9 Å². The Hall–Kier alpha value is -1.96. The molecule has 1 fully saturated rings. The first-order valence-electron chi connectivity index (χ1n) is 6.38. The van der Waals surface area contributed by atoms with Crippen molar-refractivity contribution in [3.63, 3.8) is 0 Å². The van der Waals surface area contributed by atoms with Crippen molar-refractivity contribution in [2.24, 2.45) is 0 Å². The highest BCUT2D eigenvalue weighted by molar-refractivity contribution is 9.11. The molecule has 0 saturated carbocycles. The molecule has 1 aliphatic rings. The van der Waals surface area contributed by atoms with Crippen LogP contribution >= 0.6 is 38.9 Å². The van der Waals surface area contributed by atoms with Crippen molar-refractivity contribution in [2.75, 3.05) is 4.90 Å². The number of nitrogens with one attached hydrogen (secondary N) is 1. The number of thiophene rings is 1. The van der Waals surface area contributed by atoms with E-state index in [0.29, 0.717) is 10.7 Å². The Morgan fingerprint density at radius 3 is 2.39 bits per heavy atom. The number of imide groups is 2. The number of carbonyl (C=O) groups excluding carboxylic acids is 3. The number of anilines is 1. The standard InChI is InChI=1S/C15H8BrClN2O3S/c16-12-6-5-10(23-12)7-11-13(20)18-15(22)19(14(11)21)9-3-1-8(17)2-4-9/h1-7H,(H,18,20,22)/b11-7+. The number of urea groups is 1. The first kappa shape index (κ1) is 15.9. The predicted octanol–water partition coefficient (Wildman–Crippen LogP) is 3.83. The summed E-state index contributed by atoms with van der Waals surface area (Å²) in [5, 5.41) is 2.65. The van der Waals surface area contributed by atoms with Crippen molar-refractivity contribution in [2.45, 2.75) is 0 Å². The van der Waals surface area contributed by atoms with E-state index in [1.165, 1.54) is 29.5 Å². The lowest BCUT2D eigenvalue weighted by Gasteiger charge is -2.26. The lowest BCUT2D eigenvalue weighted by molar-refractivity contribution is -0.122. The van der Waals surface area contributed by atoms with Crippen LogP contribution in [0.1, 0.15) is 4.88 Å². The largest absolute Gasteiger partial charge is 0.335 e. The predicted molar refractivity (Wildman–Crippen MR) is 92.5 cm³/mol. The minimum absolute atomic E-state index is 0.103. The lowest BCUT2D eigenvalue weighted by atomic mass is 10.1. The van der Waals surface area contributed by atoms with Gasteiger partial charge in [0.25, 0.3) is 11.8 Å². The highest BCUT2D eigenvalue weighted by atomic mass is 79.9. The summed E-state index contributed by atoms with van der Waals surface area (Å²) in [6, 6.07) is 8.99. The summed E-state index contributed by atoms with van der Waals surface area (Å²) in [5.74, 6) is -1.39. The maximum absolute atomic E-state index is 12.6. The minimum Gasteiger partial charge on any atom is -0.273 e. The summed E-state index contributed by atoms with van der Waals surface area (Å²) in [6.07, 6.45) is 1.46. The molecule has 3 rings (SSSR count). The van der Waals surface area contributed by atoms with E-state index in [4.69, 9.17) is 11.6 Å². The van der Waals surface area contributed by atoms with E-state index in [0.717, 1.165) is 13.6 Å². The number of amides is 4. The number of halogens is 2. The number of benzene rings is 1.